The predicted molar refractivity (Wildman–Crippen MR) is 79.3 cm³/mol. The fourth-order valence-electron chi connectivity index (χ4n) is 1.79. The fourth-order valence-corrected chi connectivity index (χ4v) is 2.94. The van der Waals surface area contributed by atoms with Crippen molar-refractivity contribution < 1.29 is 8.42 Å². The maximum Gasteiger partial charge on any atom is 0.216 e. The van der Waals surface area contributed by atoms with Gasteiger partial charge in [0.2, 0.25) is 10.0 Å². The number of rotatable bonds is 5. The van der Waals surface area contributed by atoms with E-state index in [0.717, 1.165) is 11.1 Å². The second-order valence-corrected chi connectivity index (χ2v) is 6.39. The van der Waals surface area contributed by atoms with Crippen molar-refractivity contribution in [2.45, 2.75) is 19.2 Å². The Morgan fingerprint density at radius 2 is 1.95 bits per heavy atom. The zero-order chi connectivity index (χ0) is 14.6. The van der Waals surface area contributed by atoms with Gasteiger partial charge in [-0.25, -0.2) is 13.1 Å². The number of sulfonamides is 1. The molecule has 1 aromatic heterocycles. The van der Waals surface area contributed by atoms with E-state index in [1.807, 2.05) is 13.0 Å². The second-order valence-electron chi connectivity index (χ2n) is 4.58. The van der Waals surface area contributed by atoms with Crippen molar-refractivity contribution in [2.24, 2.45) is 0 Å². The SMILES string of the molecule is Cc1ccncc1CNS(=O)(=O)Cc1ccccc1N. The summed E-state index contributed by atoms with van der Waals surface area (Å²) in [4.78, 5) is 3.99. The van der Waals surface area contributed by atoms with Crippen molar-refractivity contribution in [3.05, 3.63) is 59.4 Å². The number of para-hydroxylation sites is 1. The van der Waals surface area contributed by atoms with Crippen LogP contribution < -0.4 is 10.5 Å². The number of aromatic nitrogens is 1. The van der Waals surface area contributed by atoms with Gasteiger partial charge in [-0.05, 0) is 35.7 Å². The molecular formula is C14H17N3O2S. The van der Waals surface area contributed by atoms with Gasteiger partial charge in [0.15, 0.2) is 0 Å². The van der Waals surface area contributed by atoms with E-state index in [1.165, 1.54) is 0 Å². The lowest BCUT2D eigenvalue weighted by molar-refractivity contribution is 0.580. The molecule has 6 heteroatoms. The molecular weight excluding hydrogens is 274 g/mol. The van der Waals surface area contributed by atoms with Crippen molar-refractivity contribution in [1.29, 1.82) is 0 Å². The summed E-state index contributed by atoms with van der Waals surface area (Å²) in [5.74, 6) is -0.126. The zero-order valence-electron chi connectivity index (χ0n) is 11.2. The zero-order valence-corrected chi connectivity index (χ0v) is 12.0. The molecule has 0 aliphatic carbocycles. The molecule has 1 heterocycles. The van der Waals surface area contributed by atoms with Crippen LogP contribution in [-0.4, -0.2) is 13.4 Å². The average molecular weight is 291 g/mol. The van der Waals surface area contributed by atoms with Gasteiger partial charge in [-0.3, -0.25) is 4.98 Å². The van der Waals surface area contributed by atoms with Gasteiger partial charge in [-0.1, -0.05) is 18.2 Å². The molecule has 0 atom stereocenters. The number of nitrogens with zero attached hydrogens (tertiary/aromatic N) is 1. The highest BCUT2D eigenvalue weighted by Crippen LogP contribution is 2.14. The van der Waals surface area contributed by atoms with Crippen molar-refractivity contribution >= 4 is 15.7 Å². The minimum atomic E-state index is -3.43. The Morgan fingerprint density at radius 1 is 1.20 bits per heavy atom. The van der Waals surface area contributed by atoms with Gasteiger partial charge in [0.05, 0.1) is 5.75 Å². The Kier molecular flexibility index (Phi) is 4.36. The van der Waals surface area contributed by atoms with Crippen LogP contribution in [-0.2, 0) is 22.3 Å². The largest absolute Gasteiger partial charge is 0.398 e. The molecule has 0 bridgehead atoms. The van der Waals surface area contributed by atoms with E-state index < -0.39 is 10.0 Å². The number of anilines is 1. The van der Waals surface area contributed by atoms with Gasteiger partial charge < -0.3 is 5.73 Å². The number of nitrogen functional groups attached to an aromatic ring is 1. The third kappa shape index (κ3) is 3.79. The molecule has 20 heavy (non-hydrogen) atoms. The Bertz CT molecular complexity index is 699. The number of pyridine rings is 1. The van der Waals surface area contributed by atoms with Gasteiger partial charge in [-0.15, -0.1) is 0 Å². The van der Waals surface area contributed by atoms with E-state index in [0.29, 0.717) is 11.3 Å². The van der Waals surface area contributed by atoms with Crippen LogP contribution in [0.25, 0.3) is 0 Å². The number of aryl methyl sites for hydroxylation is 1. The molecule has 0 unspecified atom stereocenters. The van der Waals surface area contributed by atoms with Crippen molar-refractivity contribution in [2.75, 3.05) is 5.73 Å². The Morgan fingerprint density at radius 3 is 2.65 bits per heavy atom. The summed E-state index contributed by atoms with van der Waals surface area (Å²) in [7, 11) is -3.43. The van der Waals surface area contributed by atoms with Crippen molar-refractivity contribution in [3.8, 4) is 0 Å². The first-order chi connectivity index (χ1) is 9.48. The summed E-state index contributed by atoms with van der Waals surface area (Å²) in [6.45, 7) is 2.15. The van der Waals surface area contributed by atoms with Gasteiger partial charge in [-0.2, -0.15) is 0 Å². The molecule has 0 aliphatic heterocycles. The predicted octanol–water partition coefficient (Wildman–Crippen LogP) is 1.59. The van der Waals surface area contributed by atoms with Crippen LogP contribution in [0.4, 0.5) is 5.69 Å². The summed E-state index contributed by atoms with van der Waals surface area (Å²) in [6, 6.07) is 8.79. The first kappa shape index (κ1) is 14.5. The summed E-state index contributed by atoms with van der Waals surface area (Å²) in [5.41, 5.74) is 8.70. The summed E-state index contributed by atoms with van der Waals surface area (Å²) in [5, 5.41) is 0. The normalized spacial score (nSPS) is 11.4. The molecule has 2 aromatic rings. The fraction of sp³-hybridized carbons (Fsp3) is 0.214. The smallest absolute Gasteiger partial charge is 0.216 e. The number of nitrogens with one attached hydrogen (secondary N) is 1. The molecule has 106 valence electrons. The van der Waals surface area contributed by atoms with Crippen molar-refractivity contribution in [3.63, 3.8) is 0 Å². The highest BCUT2D eigenvalue weighted by atomic mass is 32.2. The van der Waals surface area contributed by atoms with Crippen LogP contribution in [0.15, 0.2) is 42.7 Å². The standard InChI is InChI=1S/C14H17N3O2S/c1-11-6-7-16-8-13(11)9-17-20(18,19)10-12-4-2-3-5-14(12)15/h2-8,17H,9-10,15H2,1H3. The van der Waals surface area contributed by atoms with E-state index in [2.05, 4.69) is 9.71 Å². The summed E-state index contributed by atoms with van der Waals surface area (Å²) in [6.07, 6.45) is 3.34. The Hall–Kier alpha value is -1.92. The van der Waals surface area contributed by atoms with E-state index in [9.17, 15) is 8.42 Å². The second kappa shape index (κ2) is 6.02. The van der Waals surface area contributed by atoms with Crippen LogP contribution in [0.5, 0.6) is 0 Å². The quantitative estimate of drug-likeness (QED) is 0.819. The van der Waals surface area contributed by atoms with Crippen LogP contribution in [0.1, 0.15) is 16.7 Å². The molecule has 0 fully saturated rings. The Labute approximate surface area is 118 Å². The maximum absolute atomic E-state index is 12.0. The molecule has 3 N–H and O–H groups in total. The van der Waals surface area contributed by atoms with Crippen LogP contribution >= 0.6 is 0 Å². The molecule has 2 rings (SSSR count). The number of nitrogens with two attached hydrogens (primary N) is 1. The minimum Gasteiger partial charge on any atom is -0.398 e. The molecule has 0 amide bonds. The molecule has 0 radical (unpaired) electrons. The number of hydrogen-bond acceptors (Lipinski definition) is 4. The van der Waals surface area contributed by atoms with E-state index >= 15 is 0 Å². The molecule has 0 saturated heterocycles. The molecule has 0 spiro atoms. The molecule has 1 aromatic carbocycles. The minimum absolute atomic E-state index is 0.126. The molecule has 0 aliphatic rings. The van der Waals surface area contributed by atoms with Crippen molar-refractivity contribution in [1.82, 2.24) is 9.71 Å². The van der Waals surface area contributed by atoms with E-state index in [-0.39, 0.29) is 12.3 Å². The topological polar surface area (TPSA) is 85.1 Å². The first-order valence-corrected chi connectivity index (χ1v) is 7.83. The number of hydrogen-bond donors (Lipinski definition) is 2. The lowest BCUT2D eigenvalue weighted by atomic mass is 10.2. The molecule has 0 saturated carbocycles. The average Bonchev–Trinajstić information content (AvgIpc) is 2.40. The Balaban J connectivity index is 2.05. The molecule has 5 nitrogen and oxygen atoms in total. The first-order valence-electron chi connectivity index (χ1n) is 6.18. The van der Waals surface area contributed by atoms with Gasteiger partial charge >= 0.3 is 0 Å². The van der Waals surface area contributed by atoms with E-state index in [1.54, 1.807) is 36.7 Å². The third-order valence-corrected chi connectivity index (χ3v) is 4.31. The van der Waals surface area contributed by atoms with Crippen LogP contribution in [0.2, 0.25) is 0 Å². The van der Waals surface area contributed by atoms with Gasteiger partial charge in [0, 0.05) is 24.6 Å². The van der Waals surface area contributed by atoms with Crippen LogP contribution in [0, 0.1) is 6.92 Å². The number of benzene rings is 1. The van der Waals surface area contributed by atoms with E-state index in [4.69, 9.17) is 5.73 Å². The highest BCUT2D eigenvalue weighted by molar-refractivity contribution is 7.88. The lowest BCUT2D eigenvalue weighted by Crippen LogP contribution is -2.25. The maximum atomic E-state index is 12.0. The van der Waals surface area contributed by atoms with Crippen LogP contribution in [0.3, 0.4) is 0 Å². The van der Waals surface area contributed by atoms with Gasteiger partial charge in [0.25, 0.3) is 0 Å². The lowest BCUT2D eigenvalue weighted by Gasteiger charge is -2.09. The third-order valence-electron chi connectivity index (χ3n) is 3.03. The monoisotopic (exact) mass is 291 g/mol. The van der Waals surface area contributed by atoms with Gasteiger partial charge in [0.1, 0.15) is 0 Å². The summed E-state index contributed by atoms with van der Waals surface area (Å²) >= 11 is 0. The summed E-state index contributed by atoms with van der Waals surface area (Å²) < 4.78 is 26.7. The highest BCUT2D eigenvalue weighted by Gasteiger charge is 2.13.